The highest BCUT2D eigenvalue weighted by atomic mass is 32.1. The summed E-state index contributed by atoms with van der Waals surface area (Å²) < 4.78 is 1.80. The smallest absolute Gasteiger partial charge is 0.234 e. The second kappa shape index (κ2) is 4.06. The van der Waals surface area contributed by atoms with Gasteiger partial charge in [0.05, 0.1) is 0 Å². The molecule has 18 heavy (non-hydrogen) atoms. The average Bonchev–Trinajstić information content (AvgIpc) is 2.88. The van der Waals surface area contributed by atoms with Gasteiger partial charge in [0.25, 0.3) is 0 Å². The first-order chi connectivity index (χ1) is 8.66. The maximum absolute atomic E-state index is 5.96. The van der Waals surface area contributed by atoms with Gasteiger partial charge in [-0.25, -0.2) is 0 Å². The van der Waals surface area contributed by atoms with Gasteiger partial charge >= 0.3 is 0 Å². The molecule has 2 heterocycles. The molecule has 0 aliphatic rings. The van der Waals surface area contributed by atoms with Crippen molar-refractivity contribution in [3.8, 4) is 10.6 Å². The van der Waals surface area contributed by atoms with Gasteiger partial charge in [0.2, 0.25) is 4.96 Å². The van der Waals surface area contributed by atoms with E-state index < -0.39 is 0 Å². The number of hydrogen-bond acceptors (Lipinski definition) is 5. The number of para-hydroxylation sites is 1. The molecule has 0 saturated carbocycles. The van der Waals surface area contributed by atoms with Gasteiger partial charge in [0, 0.05) is 17.2 Å². The van der Waals surface area contributed by atoms with Crippen LogP contribution in [0.25, 0.3) is 15.5 Å². The van der Waals surface area contributed by atoms with Gasteiger partial charge in [-0.05, 0) is 12.1 Å². The number of nitrogens with two attached hydrogens (primary N) is 1. The van der Waals surface area contributed by atoms with Crippen LogP contribution in [-0.4, -0.2) is 19.8 Å². The molecule has 5 nitrogen and oxygen atoms in total. The van der Waals surface area contributed by atoms with Crippen molar-refractivity contribution < 1.29 is 0 Å². The lowest BCUT2D eigenvalue weighted by atomic mass is 10.2. The molecule has 2 N–H and O–H groups in total. The fourth-order valence-electron chi connectivity index (χ4n) is 1.79. The number of nitrogen functional groups attached to an aromatic ring is 1. The highest BCUT2D eigenvalue weighted by Crippen LogP contribution is 2.30. The SMILES string of the molecule is CC(C)c1nnc2sc(-c3ccccc3N)nn12. The average molecular weight is 259 g/mol. The summed E-state index contributed by atoms with van der Waals surface area (Å²) in [5, 5.41) is 13.7. The van der Waals surface area contributed by atoms with E-state index in [0.29, 0.717) is 5.92 Å². The van der Waals surface area contributed by atoms with E-state index in [-0.39, 0.29) is 0 Å². The Hall–Kier alpha value is -1.95. The summed E-state index contributed by atoms with van der Waals surface area (Å²) in [6.45, 7) is 4.15. The van der Waals surface area contributed by atoms with E-state index in [1.165, 1.54) is 11.3 Å². The van der Waals surface area contributed by atoms with E-state index in [1.54, 1.807) is 4.52 Å². The van der Waals surface area contributed by atoms with Crippen molar-refractivity contribution in [3.63, 3.8) is 0 Å². The van der Waals surface area contributed by atoms with Crippen LogP contribution in [-0.2, 0) is 0 Å². The Kier molecular flexibility index (Phi) is 2.52. The first-order valence-corrected chi connectivity index (χ1v) is 6.55. The molecule has 92 valence electrons. The third-order valence-electron chi connectivity index (χ3n) is 2.72. The molecular formula is C12H13N5S. The van der Waals surface area contributed by atoms with E-state index in [4.69, 9.17) is 5.73 Å². The number of fused-ring (bicyclic) bond motifs is 1. The monoisotopic (exact) mass is 259 g/mol. The molecule has 0 amide bonds. The third kappa shape index (κ3) is 1.65. The van der Waals surface area contributed by atoms with E-state index in [9.17, 15) is 0 Å². The molecular weight excluding hydrogens is 246 g/mol. The van der Waals surface area contributed by atoms with Crippen molar-refractivity contribution in [2.24, 2.45) is 0 Å². The molecule has 0 unspecified atom stereocenters. The largest absolute Gasteiger partial charge is 0.398 e. The normalized spacial score (nSPS) is 11.5. The quantitative estimate of drug-likeness (QED) is 0.718. The Bertz CT molecular complexity index is 697. The molecule has 0 aliphatic heterocycles. The fourth-order valence-corrected chi connectivity index (χ4v) is 2.69. The summed E-state index contributed by atoms with van der Waals surface area (Å²) in [5.41, 5.74) is 7.64. The molecule has 0 atom stereocenters. The minimum atomic E-state index is 0.295. The van der Waals surface area contributed by atoms with Gasteiger partial charge < -0.3 is 5.73 Å². The summed E-state index contributed by atoms with van der Waals surface area (Å²) in [6, 6.07) is 7.72. The first kappa shape index (κ1) is 11.2. The van der Waals surface area contributed by atoms with Crippen LogP contribution in [0.4, 0.5) is 5.69 Å². The lowest BCUT2D eigenvalue weighted by Gasteiger charge is -2.00. The van der Waals surface area contributed by atoms with Gasteiger partial charge in [0.1, 0.15) is 5.01 Å². The highest BCUT2D eigenvalue weighted by Gasteiger charge is 2.15. The Labute approximate surface area is 108 Å². The molecule has 0 saturated heterocycles. The zero-order valence-corrected chi connectivity index (χ0v) is 11.0. The van der Waals surface area contributed by atoms with E-state index in [2.05, 4.69) is 29.1 Å². The second-order valence-electron chi connectivity index (χ2n) is 4.40. The Morgan fingerprint density at radius 3 is 2.72 bits per heavy atom. The Balaban J connectivity index is 2.17. The number of benzene rings is 1. The predicted octanol–water partition coefficient (Wildman–Crippen LogP) is 2.56. The number of anilines is 1. The van der Waals surface area contributed by atoms with Crippen molar-refractivity contribution in [2.45, 2.75) is 19.8 Å². The second-order valence-corrected chi connectivity index (χ2v) is 5.36. The van der Waals surface area contributed by atoms with Crippen LogP contribution < -0.4 is 5.73 Å². The molecule has 3 rings (SSSR count). The minimum Gasteiger partial charge on any atom is -0.398 e. The van der Waals surface area contributed by atoms with Crippen molar-refractivity contribution in [2.75, 3.05) is 5.73 Å². The zero-order valence-electron chi connectivity index (χ0n) is 10.2. The van der Waals surface area contributed by atoms with Gasteiger partial charge in [-0.15, -0.1) is 10.2 Å². The number of nitrogens with zero attached hydrogens (tertiary/aromatic N) is 4. The van der Waals surface area contributed by atoms with Crippen LogP contribution in [0.1, 0.15) is 25.6 Å². The van der Waals surface area contributed by atoms with Crippen LogP contribution >= 0.6 is 11.3 Å². The Morgan fingerprint density at radius 2 is 2.00 bits per heavy atom. The van der Waals surface area contributed by atoms with Crippen LogP contribution in [0, 0.1) is 0 Å². The molecule has 3 aromatic rings. The van der Waals surface area contributed by atoms with Crippen LogP contribution in [0.2, 0.25) is 0 Å². The third-order valence-corrected chi connectivity index (χ3v) is 3.65. The zero-order chi connectivity index (χ0) is 12.7. The molecule has 0 spiro atoms. The first-order valence-electron chi connectivity index (χ1n) is 5.74. The van der Waals surface area contributed by atoms with E-state index in [1.807, 2.05) is 24.3 Å². The van der Waals surface area contributed by atoms with E-state index >= 15 is 0 Å². The summed E-state index contributed by atoms with van der Waals surface area (Å²) in [5.74, 6) is 1.17. The molecule has 0 aliphatic carbocycles. The number of hydrogen-bond donors (Lipinski definition) is 1. The molecule has 2 aromatic heterocycles. The van der Waals surface area contributed by atoms with Crippen molar-refractivity contribution in [1.29, 1.82) is 0 Å². The van der Waals surface area contributed by atoms with Crippen molar-refractivity contribution in [1.82, 2.24) is 19.8 Å². The maximum Gasteiger partial charge on any atom is 0.234 e. The number of aromatic nitrogens is 4. The lowest BCUT2D eigenvalue weighted by Crippen LogP contribution is -1.98. The van der Waals surface area contributed by atoms with Gasteiger partial charge in [-0.1, -0.05) is 37.3 Å². The summed E-state index contributed by atoms with van der Waals surface area (Å²) in [7, 11) is 0. The van der Waals surface area contributed by atoms with Gasteiger partial charge in [-0.2, -0.15) is 9.61 Å². The van der Waals surface area contributed by atoms with Crippen LogP contribution in [0.3, 0.4) is 0 Å². The molecule has 0 bridgehead atoms. The minimum absolute atomic E-state index is 0.295. The fraction of sp³-hybridized carbons (Fsp3) is 0.250. The summed E-state index contributed by atoms with van der Waals surface area (Å²) in [6.07, 6.45) is 0. The Morgan fingerprint density at radius 1 is 1.22 bits per heavy atom. The van der Waals surface area contributed by atoms with Gasteiger partial charge in [0.15, 0.2) is 5.82 Å². The lowest BCUT2D eigenvalue weighted by molar-refractivity contribution is 0.727. The molecule has 1 aromatic carbocycles. The summed E-state index contributed by atoms with van der Waals surface area (Å²) in [4.78, 5) is 0.803. The standard InChI is InChI=1S/C12H13N5S/c1-7(2)10-14-15-12-17(10)16-11(18-12)8-5-3-4-6-9(8)13/h3-7H,13H2,1-2H3. The van der Waals surface area contributed by atoms with Crippen LogP contribution in [0.15, 0.2) is 24.3 Å². The maximum atomic E-state index is 5.96. The molecule has 0 radical (unpaired) electrons. The topological polar surface area (TPSA) is 69.1 Å². The molecule has 0 fully saturated rings. The molecule has 6 heteroatoms. The predicted molar refractivity (Wildman–Crippen MR) is 72.6 cm³/mol. The van der Waals surface area contributed by atoms with Crippen molar-refractivity contribution in [3.05, 3.63) is 30.1 Å². The van der Waals surface area contributed by atoms with E-state index in [0.717, 1.165) is 27.0 Å². The van der Waals surface area contributed by atoms with Gasteiger partial charge in [-0.3, -0.25) is 0 Å². The summed E-state index contributed by atoms with van der Waals surface area (Å²) >= 11 is 1.50. The number of rotatable bonds is 2. The van der Waals surface area contributed by atoms with Crippen LogP contribution in [0.5, 0.6) is 0 Å². The highest BCUT2D eigenvalue weighted by molar-refractivity contribution is 7.19. The van der Waals surface area contributed by atoms with Crippen molar-refractivity contribution >= 4 is 22.0 Å².